The lowest BCUT2D eigenvalue weighted by Crippen LogP contribution is -2.18. The highest BCUT2D eigenvalue weighted by atomic mass is 19.4. The predicted molar refractivity (Wildman–Crippen MR) is 66.0 cm³/mol. The van der Waals surface area contributed by atoms with Gasteiger partial charge >= 0.3 is 11.9 Å². The number of ether oxygens (including phenoxy) is 2. The molecule has 0 aromatic heterocycles. The lowest BCUT2D eigenvalue weighted by Gasteiger charge is -2.09. The lowest BCUT2D eigenvalue weighted by molar-refractivity contribution is -0.386. The van der Waals surface area contributed by atoms with Crippen molar-refractivity contribution in [2.75, 3.05) is 19.8 Å². The summed E-state index contributed by atoms with van der Waals surface area (Å²) < 4.78 is 44.9. The first-order chi connectivity index (χ1) is 9.83. The normalized spacial score (nSPS) is 11.4. The molecule has 1 aromatic rings. The zero-order chi connectivity index (χ0) is 15.9. The number of hydrogen-bond donors (Lipinski definition) is 1. The Morgan fingerprint density at radius 3 is 2.57 bits per heavy atom. The molecule has 0 unspecified atom stereocenters. The van der Waals surface area contributed by atoms with Crippen LogP contribution in [0, 0.1) is 10.1 Å². The summed E-state index contributed by atoms with van der Waals surface area (Å²) in [5, 5.41) is 19.7. The van der Waals surface area contributed by atoms with Gasteiger partial charge in [-0.25, -0.2) is 0 Å². The van der Waals surface area contributed by atoms with Gasteiger partial charge in [0.1, 0.15) is 6.61 Å². The first kappa shape index (κ1) is 17.2. The number of rotatable bonds is 8. The Bertz CT molecular complexity index is 478. The summed E-state index contributed by atoms with van der Waals surface area (Å²) in [6.45, 7) is -1.86. The quantitative estimate of drug-likeness (QED) is 0.453. The van der Waals surface area contributed by atoms with Crippen LogP contribution < -0.4 is 4.74 Å². The van der Waals surface area contributed by atoms with Crippen molar-refractivity contribution in [2.45, 2.75) is 19.2 Å². The van der Waals surface area contributed by atoms with Crippen molar-refractivity contribution < 1.29 is 32.7 Å². The Morgan fingerprint density at radius 2 is 2.00 bits per heavy atom. The molecule has 0 fully saturated rings. The minimum absolute atomic E-state index is 0.00646. The van der Waals surface area contributed by atoms with Gasteiger partial charge in [-0.1, -0.05) is 6.07 Å². The number of nitro groups is 1. The van der Waals surface area contributed by atoms with Gasteiger partial charge in [0.2, 0.25) is 0 Å². The van der Waals surface area contributed by atoms with Crippen LogP contribution in [-0.2, 0) is 11.3 Å². The summed E-state index contributed by atoms with van der Waals surface area (Å²) in [5.41, 5.74) is 0.0559. The molecule has 0 bridgehead atoms. The van der Waals surface area contributed by atoms with Crippen molar-refractivity contribution in [3.63, 3.8) is 0 Å². The molecule has 0 spiro atoms. The number of halogens is 3. The highest BCUT2D eigenvalue weighted by molar-refractivity contribution is 5.48. The molecule has 0 saturated carbocycles. The summed E-state index contributed by atoms with van der Waals surface area (Å²) in [5.74, 6) is -0.00646. The van der Waals surface area contributed by atoms with Gasteiger partial charge in [-0.2, -0.15) is 13.2 Å². The van der Waals surface area contributed by atoms with Crippen LogP contribution in [0.25, 0.3) is 0 Å². The smallest absolute Gasteiger partial charge is 0.411 e. The van der Waals surface area contributed by atoms with E-state index >= 15 is 0 Å². The number of benzene rings is 1. The molecule has 0 aliphatic carbocycles. The maximum Gasteiger partial charge on any atom is 0.411 e. The molecule has 0 aliphatic rings. The second kappa shape index (κ2) is 7.79. The molecule has 0 aliphatic heterocycles. The number of aliphatic hydroxyl groups excluding tert-OH is 1. The van der Waals surface area contributed by atoms with E-state index in [9.17, 15) is 23.3 Å². The SMILES string of the molecule is O=[N+]([O-])c1cc(CO)ccc1OCCCOCC(F)(F)F. The zero-order valence-electron chi connectivity index (χ0n) is 10.9. The van der Waals surface area contributed by atoms with Crippen LogP contribution in [0.5, 0.6) is 5.75 Å². The summed E-state index contributed by atoms with van der Waals surface area (Å²) in [7, 11) is 0. The summed E-state index contributed by atoms with van der Waals surface area (Å²) in [6.07, 6.45) is -4.21. The highest BCUT2D eigenvalue weighted by Crippen LogP contribution is 2.28. The van der Waals surface area contributed by atoms with E-state index in [1.54, 1.807) is 0 Å². The van der Waals surface area contributed by atoms with Gasteiger partial charge in [0.05, 0.1) is 24.7 Å². The van der Waals surface area contributed by atoms with Crippen LogP contribution in [0.1, 0.15) is 12.0 Å². The molecule has 0 heterocycles. The molecule has 1 rings (SSSR count). The molecule has 1 aromatic carbocycles. The van der Waals surface area contributed by atoms with Gasteiger partial charge in [-0.15, -0.1) is 0 Å². The number of aliphatic hydroxyl groups is 1. The van der Waals surface area contributed by atoms with E-state index in [1.165, 1.54) is 18.2 Å². The Labute approximate surface area is 118 Å². The van der Waals surface area contributed by atoms with E-state index in [0.29, 0.717) is 5.56 Å². The van der Waals surface area contributed by atoms with Crippen molar-refractivity contribution in [1.29, 1.82) is 0 Å². The Balaban J connectivity index is 2.43. The molecule has 118 valence electrons. The third kappa shape index (κ3) is 6.41. The molecule has 0 radical (unpaired) electrons. The fourth-order valence-electron chi connectivity index (χ4n) is 1.46. The topological polar surface area (TPSA) is 81.8 Å². The molecule has 9 heteroatoms. The zero-order valence-corrected chi connectivity index (χ0v) is 10.9. The fourth-order valence-corrected chi connectivity index (χ4v) is 1.46. The number of hydrogen-bond acceptors (Lipinski definition) is 5. The van der Waals surface area contributed by atoms with E-state index in [2.05, 4.69) is 4.74 Å². The van der Waals surface area contributed by atoms with E-state index in [4.69, 9.17) is 9.84 Å². The average molecular weight is 309 g/mol. The van der Waals surface area contributed by atoms with Gasteiger partial charge in [-0.3, -0.25) is 10.1 Å². The van der Waals surface area contributed by atoms with Crippen LogP contribution in [-0.4, -0.2) is 36.0 Å². The molecule has 0 saturated heterocycles. The van der Waals surface area contributed by atoms with Crippen molar-refractivity contribution >= 4 is 5.69 Å². The third-order valence-electron chi connectivity index (χ3n) is 2.36. The molecule has 1 N–H and O–H groups in total. The van der Waals surface area contributed by atoms with Crippen molar-refractivity contribution in [2.24, 2.45) is 0 Å². The van der Waals surface area contributed by atoms with Crippen molar-refractivity contribution in [1.82, 2.24) is 0 Å². The van der Waals surface area contributed by atoms with Crippen LogP contribution in [0.4, 0.5) is 18.9 Å². The van der Waals surface area contributed by atoms with Crippen LogP contribution in [0.2, 0.25) is 0 Å². The van der Waals surface area contributed by atoms with Gasteiger partial charge in [0.25, 0.3) is 0 Å². The number of nitrogens with zero attached hydrogens (tertiary/aromatic N) is 1. The van der Waals surface area contributed by atoms with Crippen LogP contribution in [0.15, 0.2) is 18.2 Å². The summed E-state index contributed by atoms with van der Waals surface area (Å²) in [6, 6.07) is 3.97. The summed E-state index contributed by atoms with van der Waals surface area (Å²) >= 11 is 0. The second-order valence-electron chi connectivity index (χ2n) is 4.09. The molecular weight excluding hydrogens is 295 g/mol. The largest absolute Gasteiger partial charge is 0.487 e. The first-order valence-corrected chi connectivity index (χ1v) is 5.99. The highest BCUT2D eigenvalue weighted by Gasteiger charge is 2.27. The fraction of sp³-hybridized carbons (Fsp3) is 0.500. The minimum Gasteiger partial charge on any atom is -0.487 e. The molecule has 6 nitrogen and oxygen atoms in total. The second-order valence-corrected chi connectivity index (χ2v) is 4.09. The van der Waals surface area contributed by atoms with Gasteiger partial charge in [0.15, 0.2) is 5.75 Å². The Hall–Kier alpha value is -1.87. The van der Waals surface area contributed by atoms with Crippen LogP contribution in [0.3, 0.4) is 0 Å². The standard InChI is InChI=1S/C12H14F3NO5/c13-12(14,15)8-20-4-1-5-21-11-3-2-9(7-17)6-10(11)16(18)19/h2-3,6,17H,1,4-5,7-8H2. The predicted octanol–water partition coefficient (Wildman–Crippen LogP) is 2.43. The average Bonchev–Trinajstić information content (AvgIpc) is 2.41. The number of nitro benzene ring substituents is 1. The first-order valence-electron chi connectivity index (χ1n) is 5.99. The Kier molecular flexibility index (Phi) is 6.38. The van der Waals surface area contributed by atoms with E-state index in [0.717, 1.165) is 0 Å². The van der Waals surface area contributed by atoms with E-state index in [1.807, 2.05) is 0 Å². The van der Waals surface area contributed by atoms with E-state index < -0.39 is 17.7 Å². The molecule has 0 atom stereocenters. The maximum absolute atomic E-state index is 11.8. The van der Waals surface area contributed by atoms with Gasteiger partial charge in [0, 0.05) is 12.5 Å². The summed E-state index contributed by atoms with van der Waals surface area (Å²) in [4.78, 5) is 10.2. The monoisotopic (exact) mass is 309 g/mol. The van der Waals surface area contributed by atoms with E-state index in [-0.39, 0.29) is 37.7 Å². The third-order valence-corrected chi connectivity index (χ3v) is 2.36. The molecule has 21 heavy (non-hydrogen) atoms. The van der Waals surface area contributed by atoms with Gasteiger partial charge < -0.3 is 14.6 Å². The maximum atomic E-state index is 11.8. The number of alkyl halides is 3. The van der Waals surface area contributed by atoms with Gasteiger partial charge in [-0.05, 0) is 11.6 Å². The lowest BCUT2D eigenvalue weighted by atomic mass is 10.2. The molecule has 0 amide bonds. The van der Waals surface area contributed by atoms with Crippen molar-refractivity contribution in [3.05, 3.63) is 33.9 Å². The Morgan fingerprint density at radius 1 is 1.29 bits per heavy atom. The minimum atomic E-state index is -4.38. The van der Waals surface area contributed by atoms with Crippen LogP contribution >= 0.6 is 0 Å². The van der Waals surface area contributed by atoms with Crippen molar-refractivity contribution in [3.8, 4) is 5.75 Å². The molecular formula is C12H14F3NO5.